The molecule has 120 valence electrons. The van der Waals surface area contributed by atoms with Gasteiger partial charge < -0.3 is 15.5 Å². The fraction of sp³-hybridized carbons (Fsp3) is 0.875. The number of carbonyl (C=O) groups is 2. The first-order valence-electron chi connectivity index (χ1n) is 8.38. The maximum atomic E-state index is 12.8. The number of nitrogens with zero attached hydrogens (tertiary/aromatic N) is 2. The Morgan fingerprint density at radius 3 is 2.38 bits per heavy atom. The number of piperidine rings is 2. The van der Waals surface area contributed by atoms with Crippen molar-refractivity contribution in [3.63, 3.8) is 0 Å². The Labute approximate surface area is 127 Å². The Kier molecular flexibility index (Phi) is 5.62. The molecular weight excluding hydrogens is 266 g/mol. The first-order valence-corrected chi connectivity index (χ1v) is 8.38. The second kappa shape index (κ2) is 7.25. The van der Waals surface area contributed by atoms with E-state index in [9.17, 15) is 9.59 Å². The summed E-state index contributed by atoms with van der Waals surface area (Å²) in [5.74, 6) is 0.784. The lowest BCUT2D eigenvalue weighted by Gasteiger charge is -2.40. The molecule has 2 fully saturated rings. The molecule has 2 aliphatic heterocycles. The highest BCUT2D eigenvalue weighted by Gasteiger charge is 2.35. The summed E-state index contributed by atoms with van der Waals surface area (Å²) in [4.78, 5) is 28.6. The summed E-state index contributed by atoms with van der Waals surface area (Å²) >= 11 is 0. The molecule has 0 aromatic rings. The highest BCUT2D eigenvalue weighted by atomic mass is 16.2. The standard InChI is InChI=1S/C16H29N3O2/c1-3-15(20)19-9-5-4-6-14(19)16(21)18-10-7-13(8-11-18)12(2)17/h12-14H,3-11,17H2,1-2H3. The summed E-state index contributed by atoms with van der Waals surface area (Å²) in [6.07, 6.45) is 5.33. The van der Waals surface area contributed by atoms with Crippen molar-refractivity contribution in [2.24, 2.45) is 11.7 Å². The summed E-state index contributed by atoms with van der Waals surface area (Å²) < 4.78 is 0. The zero-order chi connectivity index (χ0) is 15.4. The number of amides is 2. The maximum absolute atomic E-state index is 12.8. The Bertz CT molecular complexity index is 376. The molecule has 0 radical (unpaired) electrons. The summed E-state index contributed by atoms with van der Waals surface area (Å²) in [6.45, 7) is 6.22. The minimum absolute atomic E-state index is 0.110. The molecule has 2 N–H and O–H groups in total. The zero-order valence-corrected chi connectivity index (χ0v) is 13.4. The third-order valence-corrected chi connectivity index (χ3v) is 5.01. The molecule has 0 aromatic carbocycles. The molecule has 2 heterocycles. The van der Waals surface area contributed by atoms with Crippen molar-refractivity contribution in [1.82, 2.24) is 9.80 Å². The Hall–Kier alpha value is -1.10. The molecule has 0 aliphatic carbocycles. The summed E-state index contributed by atoms with van der Waals surface area (Å²) in [6, 6.07) is -0.0202. The number of hydrogen-bond donors (Lipinski definition) is 1. The van der Waals surface area contributed by atoms with Crippen LogP contribution in [-0.2, 0) is 9.59 Å². The van der Waals surface area contributed by atoms with E-state index in [2.05, 4.69) is 0 Å². The molecule has 21 heavy (non-hydrogen) atoms. The van der Waals surface area contributed by atoms with Crippen LogP contribution in [-0.4, -0.2) is 53.3 Å². The van der Waals surface area contributed by atoms with Crippen LogP contribution < -0.4 is 5.73 Å². The lowest BCUT2D eigenvalue weighted by Crippen LogP contribution is -2.54. The average Bonchev–Trinajstić information content (AvgIpc) is 2.53. The third-order valence-electron chi connectivity index (χ3n) is 5.01. The van der Waals surface area contributed by atoms with E-state index in [0.717, 1.165) is 51.7 Å². The highest BCUT2D eigenvalue weighted by molar-refractivity contribution is 5.87. The molecule has 0 saturated carbocycles. The predicted molar refractivity (Wildman–Crippen MR) is 82.6 cm³/mol. The summed E-state index contributed by atoms with van der Waals surface area (Å²) in [7, 11) is 0. The van der Waals surface area contributed by atoms with Gasteiger partial charge in [0.2, 0.25) is 11.8 Å². The van der Waals surface area contributed by atoms with Crippen molar-refractivity contribution in [3.8, 4) is 0 Å². The van der Waals surface area contributed by atoms with Gasteiger partial charge in [0.25, 0.3) is 0 Å². The van der Waals surface area contributed by atoms with Gasteiger partial charge in [-0.1, -0.05) is 6.92 Å². The molecule has 2 amide bonds. The van der Waals surface area contributed by atoms with Crippen LogP contribution in [0.4, 0.5) is 0 Å². The van der Waals surface area contributed by atoms with Gasteiger partial charge in [0, 0.05) is 32.1 Å². The van der Waals surface area contributed by atoms with E-state index in [1.54, 1.807) is 0 Å². The van der Waals surface area contributed by atoms with Gasteiger partial charge >= 0.3 is 0 Å². The minimum atomic E-state index is -0.224. The van der Waals surface area contributed by atoms with Gasteiger partial charge in [-0.2, -0.15) is 0 Å². The number of nitrogens with two attached hydrogens (primary N) is 1. The molecule has 0 spiro atoms. The van der Waals surface area contributed by atoms with Gasteiger partial charge in [-0.15, -0.1) is 0 Å². The van der Waals surface area contributed by atoms with Gasteiger partial charge in [-0.25, -0.2) is 0 Å². The lowest BCUT2D eigenvalue weighted by atomic mass is 9.90. The monoisotopic (exact) mass is 295 g/mol. The van der Waals surface area contributed by atoms with E-state index < -0.39 is 0 Å². The van der Waals surface area contributed by atoms with E-state index in [4.69, 9.17) is 5.73 Å². The first kappa shape index (κ1) is 16.3. The second-order valence-corrected chi connectivity index (χ2v) is 6.47. The zero-order valence-electron chi connectivity index (χ0n) is 13.4. The van der Waals surface area contributed by atoms with Crippen molar-refractivity contribution in [1.29, 1.82) is 0 Å². The molecular formula is C16H29N3O2. The Morgan fingerprint density at radius 2 is 1.81 bits per heavy atom. The van der Waals surface area contributed by atoms with Gasteiger partial charge in [-0.3, -0.25) is 9.59 Å². The lowest BCUT2D eigenvalue weighted by molar-refractivity contribution is -0.148. The van der Waals surface area contributed by atoms with Crippen LogP contribution >= 0.6 is 0 Å². The van der Waals surface area contributed by atoms with Gasteiger partial charge in [0.1, 0.15) is 6.04 Å². The normalized spacial score (nSPS) is 25.8. The first-order chi connectivity index (χ1) is 10.0. The Morgan fingerprint density at radius 1 is 1.14 bits per heavy atom. The van der Waals surface area contributed by atoms with Gasteiger partial charge in [0.05, 0.1) is 0 Å². The number of carbonyl (C=O) groups excluding carboxylic acids is 2. The molecule has 2 rings (SSSR count). The van der Waals surface area contributed by atoms with E-state index in [1.807, 2.05) is 23.6 Å². The van der Waals surface area contributed by atoms with Crippen molar-refractivity contribution >= 4 is 11.8 Å². The fourth-order valence-electron chi connectivity index (χ4n) is 3.55. The largest absolute Gasteiger partial charge is 0.341 e. The topological polar surface area (TPSA) is 66.6 Å². The molecule has 2 saturated heterocycles. The molecule has 0 bridgehead atoms. The van der Waals surface area contributed by atoms with Gasteiger partial charge in [0.15, 0.2) is 0 Å². The maximum Gasteiger partial charge on any atom is 0.245 e. The van der Waals surface area contributed by atoms with Crippen molar-refractivity contribution < 1.29 is 9.59 Å². The van der Waals surface area contributed by atoms with Crippen molar-refractivity contribution in [2.45, 2.75) is 64.5 Å². The van der Waals surface area contributed by atoms with E-state index in [-0.39, 0.29) is 23.9 Å². The molecule has 5 heteroatoms. The number of likely N-dealkylation sites (tertiary alicyclic amines) is 2. The smallest absolute Gasteiger partial charge is 0.245 e. The molecule has 2 atom stereocenters. The SMILES string of the molecule is CCC(=O)N1CCCCC1C(=O)N1CCC(C(C)N)CC1. The van der Waals surface area contributed by atoms with Crippen LogP contribution in [0.15, 0.2) is 0 Å². The quantitative estimate of drug-likeness (QED) is 0.855. The Balaban J connectivity index is 1.96. The van der Waals surface area contributed by atoms with Gasteiger partial charge in [-0.05, 0) is 44.9 Å². The van der Waals surface area contributed by atoms with E-state index in [0.29, 0.717) is 12.3 Å². The van der Waals surface area contributed by atoms with Crippen LogP contribution in [0, 0.1) is 5.92 Å². The third kappa shape index (κ3) is 3.76. The van der Waals surface area contributed by atoms with E-state index in [1.165, 1.54) is 0 Å². The fourth-order valence-corrected chi connectivity index (χ4v) is 3.55. The molecule has 5 nitrogen and oxygen atoms in total. The van der Waals surface area contributed by atoms with Crippen LogP contribution in [0.25, 0.3) is 0 Å². The van der Waals surface area contributed by atoms with E-state index >= 15 is 0 Å². The molecule has 0 aromatic heterocycles. The second-order valence-electron chi connectivity index (χ2n) is 6.47. The summed E-state index contributed by atoms with van der Waals surface area (Å²) in [5, 5.41) is 0. The highest BCUT2D eigenvalue weighted by Crippen LogP contribution is 2.24. The van der Waals surface area contributed by atoms with Crippen LogP contribution in [0.2, 0.25) is 0 Å². The van der Waals surface area contributed by atoms with Crippen molar-refractivity contribution in [2.75, 3.05) is 19.6 Å². The van der Waals surface area contributed by atoms with Crippen molar-refractivity contribution in [3.05, 3.63) is 0 Å². The average molecular weight is 295 g/mol. The molecule has 2 aliphatic rings. The minimum Gasteiger partial charge on any atom is -0.341 e. The van der Waals surface area contributed by atoms with Crippen LogP contribution in [0.1, 0.15) is 52.4 Å². The molecule has 2 unspecified atom stereocenters. The predicted octanol–water partition coefficient (Wildman–Crippen LogP) is 1.36. The van der Waals surface area contributed by atoms with Crippen LogP contribution in [0.5, 0.6) is 0 Å². The summed E-state index contributed by atoms with van der Waals surface area (Å²) in [5.41, 5.74) is 5.95. The number of hydrogen-bond acceptors (Lipinski definition) is 3. The van der Waals surface area contributed by atoms with Crippen LogP contribution in [0.3, 0.4) is 0 Å². The number of rotatable bonds is 3.